The lowest BCUT2D eigenvalue weighted by Crippen LogP contribution is -2.55. The largest absolute Gasteiger partial charge is 0.480 e. The minimum Gasteiger partial charge on any atom is -0.480 e. The Morgan fingerprint density at radius 2 is 1.74 bits per heavy atom. The summed E-state index contributed by atoms with van der Waals surface area (Å²) in [7, 11) is 0. The van der Waals surface area contributed by atoms with Crippen LogP contribution in [0.1, 0.15) is 54.4 Å². The van der Waals surface area contributed by atoms with E-state index in [4.69, 9.17) is 0 Å². The molecule has 0 aromatic carbocycles. The Morgan fingerprint density at radius 1 is 1.21 bits per heavy atom. The molecule has 5 heteroatoms. The smallest absolute Gasteiger partial charge is 0.329 e. The zero-order valence-corrected chi connectivity index (χ0v) is 13.0. The molecular formula is C14H28N2O3. The van der Waals surface area contributed by atoms with Crippen LogP contribution in [0, 0.1) is 11.3 Å². The van der Waals surface area contributed by atoms with Crippen LogP contribution in [0.2, 0.25) is 0 Å². The number of hydrogen-bond donors (Lipinski definition) is 3. The van der Waals surface area contributed by atoms with Gasteiger partial charge < -0.3 is 15.7 Å². The molecule has 2 atom stereocenters. The summed E-state index contributed by atoms with van der Waals surface area (Å²) in [4.78, 5) is 23.0. The average molecular weight is 272 g/mol. The highest BCUT2D eigenvalue weighted by molar-refractivity contribution is 5.85. The van der Waals surface area contributed by atoms with E-state index in [1.54, 1.807) is 0 Å². The van der Waals surface area contributed by atoms with Crippen molar-refractivity contribution in [3.63, 3.8) is 0 Å². The van der Waals surface area contributed by atoms with Gasteiger partial charge in [-0.05, 0) is 24.7 Å². The molecule has 0 rings (SSSR count). The van der Waals surface area contributed by atoms with E-state index >= 15 is 0 Å². The van der Waals surface area contributed by atoms with Crippen LogP contribution in [0.4, 0.5) is 4.79 Å². The molecule has 0 heterocycles. The molecule has 0 fully saturated rings. The maximum atomic E-state index is 11.8. The van der Waals surface area contributed by atoms with Crippen molar-refractivity contribution in [3.05, 3.63) is 0 Å². The van der Waals surface area contributed by atoms with Crippen molar-refractivity contribution < 1.29 is 14.7 Å². The van der Waals surface area contributed by atoms with Crippen LogP contribution >= 0.6 is 0 Å². The monoisotopic (exact) mass is 272 g/mol. The summed E-state index contributed by atoms with van der Waals surface area (Å²) < 4.78 is 0. The van der Waals surface area contributed by atoms with Gasteiger partial charge in [-0.25, -0.2) is 9.59 Å². The van der Waals surface area contributed by atoms with Crippen molar-refractivity contribution in [3.8, 4) is 0 Å². The first-order chi connectivity index (χ1) is 8.53. The Balaban J connectivity index is 4.41. The van der Waals surface area contributed by atoms with Crippen LogP contribution in [0.3, 0.4) is 0 Å². The van der Waals surface area contributed by atoms with Gasteiger partial charge in [-0.15, -0.1) is 0 Å². The van der Waals surface area contributed by atoms with Gasteiger partial charge in [0.05, 0.1) is 0 Å². The van der Waals surface area contributed by atoms with Gasteiger partial charge in [-0.1, -0.05) is 41.0 Å². The van der Waals surface area contributed by atoms with E-state index in [1.165, 1.54) is 6.92 Å². The molecule has 0 saturated heterocycles. The Hall–Kier alpha value is -1.26. The predicted octanol–water partition coefficient (Wildman–Crippen LogP) is 2.61. The molecule has 0 aliphatic heterocycles. The number of carboxylic acids is 1. The Morgan fingerprint density at radius 3 is 2.11 bits per heavy atom. The Bertz CT molecular complexity index is 323. The summed E-state index contributed by atoms with van der Waals surface area (Å²) in [6, 6.07) is -0.422. The molecule has 0 spiro atoms. The minimum atomic E-state index is -1.20. The fourth-order valence-electron chi connectivity index (χ4n) is 1.57. The number of hydrogen-bond acceptors (Lipinski definition) is 2. The molecule has 19 heavy (non-hydrogen) atoms. The van der Waals surface area contributed by atoms with Gasteiger partial charge in [0.25, 0.3) is 0 Å². The van der Waals surface area contributed by atoms with Crippen LogP contribution in [0.25, 0.3) is 0 Å². The molecular weight excluding hydrogens is 244 g/mol. The van der Waals surface area contributed by atoms with Crippen molar-refractivity contribution in [2.45, 2.75) is 59.9 Å². The van der Waals surface area contributed by atoms with Crippen molar-refractivity contribution in [1.82, 2.24) is 10.6 Å². The quantitative estimate of drug-likeness (QED) is 0.695. The maximum absolute atomic E-state index is 11.8. The number of carbonyl (C=O) groups excluding carboxylic acids is 1. The average Bonchev–Trinajstić information content (AvgIpc) is 2.24. The third-order valence-electron chi connectivity index (χ3n) is 3.66. The summed E-state index contributed by atoms with van der Waals surface area (Å²) in [5.41, 5.74) is -1.10. The SMILES string of the molecule is CCCC(C)(NC(=O)NCC(C)C(C)(C)C)C(=O)O. The molecule has 0 aliphatic rings. The lowest BCUT2D eigenvalue weighted by atomic mass is 9.82. The van der Waals surface area contributed by atoms with Crippen molar-refractivity contribution in [1.29, 1.82) is 0 Å². The zero-order valence-electron chi connectivity index (χ0n) is 13.0. The minimum absolute atomic E-state index is 0.104. The Labute approximate surface area is 116 Å². The number of aliphatic carboxylic acids is 1. The molecule has 0 aliphatic carbocycles. The highest BCUT2D eigenvalue weighted by Gasteiger charge is 2.34. The molecule has 0 radical (unpaired) electrons. The molecule has 0 saturated carbocycles. The van der Waals surface area contributed by atoms with Crippen LogP contribution in [-0.4, -0.2) is 29.2 Å². The van der Waals surface area contributed by atoms with Crippen molar-refractivity contribution in [2.24, 2.45) is 11.3 Å². The van der Waals surface area contributed by atoms with Gasteiger partial charge in [0, 0.05) is 6.54 Å². The van der Waals surface area contributed by atoms with Gasteiger partial charge in [0.1, 0.15) is 5.54 Å². The fourth-order valence-corrected chi connectivity index (χ4v) is 1.57. The third-order valence-corrected chi connectivity index (χ3v) is 3.66. The van der Waals surface area contributed by atoms with Gasteiger partial charge >= 0.3 is 12.0 Å². The Kier molecular flexibility index (Phi) is 6.33. The van der Waals surface area contributed by atoms with Gasteiger partial charge in [-0.3, -0.25) is 0 Å². The summed E-state index contributed by atoms with van der Waals surface area (Å²) in [5.74, 6) is -0.700. The first-order valence-electron chi connectivity index (χ1n) is 6.82. The second-order valence-corrected chi connectivity index (χ2v) is 6.49. The van der Waals surface area contributed by atoms with E-state index in [1.807, 2.05) is 6.92 Å². The maximum Gasteiger partial charge on any atom is 0.329 e. The van der Waals surface area contributed by atoms with Crippen LogP contribution < -0.4 is 10.6 Å². The van der Waals surface area contributed by atoms with E-state index in [9.17, 15) is 14.7 Å². The molecule has 5 nitrogen and oxygen atoms in total. The number of carbonyl (C=O) groups is 2. The predicted molar refractivity (Wildman–Crippen MR) is 76.1 cm³/mol. The topological polar surface area (TPSA) is 78.4 Å². The molecule has 2 unspecified atom stereocenters. The summed E-state index contributed by atoms with van der Waals surface area (Å²) in [5, 5.41) is 14.5. The van der Waals surface area contributed by atoms with E-state index in [0.29, 0.717) is 25.3 Å². The molecule has 3 N–H and O–H groups in total. The highest BCUT2D eigenvalue weighted by atomic mass is 16.4. The summed E-state index contributed by atoms with van der Waals surface area (Å²) >= 11 is 0. The second kappa shape index (κ2) is 6.78. The van der Waals surface area contributed by atoms with E-state index in [0.717, 1.165) is 0 Å². The van der Waals surface area contributed by atoms with E-state index in [2.05, 4.69) is 38.3 Å². The molecule has 2 amide bonds. The molecule has 0 bridgehead atoms. The van der Waals surface area contributed by atoms with E-state index in [-0.39, 0.29) is 5.41 Å². The first-order valence-corrected chi connectivity index (χ1v) is 6.82. The number of carboxylic acid groups (broad SMARTS) is 1. The zero-order chi connectivity index (χ0) is 15.3. The lowest BCUT2D eigenvalue weighted by Gasteiger charge is -2.29. The number of nitrogens with one attached hydrogen (secondary N) is 2. The normalized spacial score (nSPS) is 16.3. The number of urea groups is 1. The van der Waals surface area contributed by atoms with E-state index < -0.39 is 17.5 Å². The van der Waals surface area contributed by atoms with Crippen LogP contribution in [-0.2, 0) is 4.79 Å². The summed E-state index contributed by atoms with van der Waals surface area (Å²) in [6.45, 7) is 12.3. The van der Waals surface area contributed by atoms with Gasteiger partial charge in [0.15, 0.2) is 0 Å². The lowest BCUT2D eigenvalue weighted by molar-refractivity contribution is -0.144. The molecule has 112 valence electrons. The van der Waals surface area contributed by atoms with Gasteiger partial charge in [-0.2, -0.15) is 0 Å². The van der Waals surface area contributed by atoms with Crippen molar-refractivity contribution in [2.75, 3.05) is 6.54 Å². The van der Waals surface area contributed by atoms with Crippen molar-refractivity contribution >= 4 is 12.0 Å². The van der Waals surface area contributed by atoms with Crippen LogP contribution in [0.5, 0.6) is 0 Å². The molecule has 0 aromatic rings. The standard InChI is InChI=1S/C14H28N2O3/c1-7-8-14(6,11(17)18)16-12(19)15-9-10(2)13(3,4)5/h10H,7-9H2,1-6H3,(H,17,18)(H2,15,16,19). The molecule has 0 aromatic heterocycles. The summed E-state index contributed by atoms with van der Waals surface area (Å²) in [6.07, 6.45) is 1.10. The van der Waals surface area contributed by atoms with Gasteiger partial charge in [0.2, 0.25) is 0 Å². The first kappa shape index (κ1) is 17.7. The highest BCUT2D eigenvalue weighted by Crippen LogP contribution is 2.24. The second-order valence-electron chi connectivity index (χ2n) is 6.49. The third kappa shape index (κ3) is 5.94. The fraction of sp³-hybridized carbons (Fsp3) is 0.857. The number of rotatable bonds is 6. The number of amides is 2. The van der Waals surface area contributed by atoms with Crippen LogP contribution in [0.15, 0.2) is 0 Å².